The number of piperazine rings is 1. The van der Waals surface area contributed by atoms with Crippen molar-refractivity contribution in [2.24, 2.45) is 0 Å². The molecule has 2 aromatic rings. The van der Waals surface area contributed by atoms with E-state index in [1.54, 1.807) is 0 Å². The summed E-state index contributed by atoms with van der Waals surface area (Å²) in [6.07, 6.45) is 0. The molecule has 2 aromatic carbocycles. The molecule has 0 spiro atoms. The highest BCUT2D eigenvalue weighted by molar-refractivity contribution is 6.36. The van der Waals surface area contributed by atoms with E-state index in [1.807, 2.05) is 56.3 Å². The van der Waals surface area contributed by atoms with Gasteiger partial charge in [-0.3, -0.25) is 14.5 Å². The highest BCUT2D eigenvalue weighted by Crippen LogP contribution is 2.32. The summed E-state index contributed by atoms with van der Waals surface area (Å²) in [6, 6.07) is 17.2. The highest BCUT2D eigenvalue weighted by Gasteiger charge is 2.40. The zero-order chi connectivity index (χ0) is 21.3. The van der Waals surface area contributed by atoms with Crippen LogP contribution in [0.15, 0.2) is 60.3 Å². The van der Waals surface area contributed by atoms with Crippen LogP contribution in [0.3, 0.4) is 0 Å². The molecule has 6 heteroatoms. The first-order valence-electron chi connectivity index (χ1n) is 10.4. The van der Waals surface area contributed by atoms with Gasteiger partial charge in [0.2, 0.25) is 0 Å². The van der Waals surface area contributed by atoms with Crippen LogP contribution in [0.25, 0.3) is 5.57 Å². The molecule has 2 aliphatic heterocycles. The second kappa shape index (κ2) is 8.32. The van der Waals surface area contributed by atoms with Crippen LogP contribution in [0, 0.1) is 0 Å². The molecule has 0 saturated carbocycles. The summed E-state index contributed by atoms with van der Waals surface area (Å²) in [5.74, 6) is -0.533. The third kappa shape index (κ3) is 3.83. The number of hydrogen-bond acceptors (Lipinski definition) is 5. The van der Waals surface area contributed by atoms with Crippen LogP contribution in [0.1, 0.15) is 19.4 Å². The average Bonchev–Trinajstić information content (AvgIpc) is 2.99. The van der Waals surface area contributed by atoms with Crippen molar-refractivity contribution in [1.82, 2.24) is 9.80 Å². The van der Waals surface area contributed by atoms with Gasteiger partial charge in [0.15, 0.2) is 0 Å². The van der Waals surface area contributed by atoms with Crippen molar-refractivity contribution in [1.29, 1.82) is 0 Å². The summed E-state index contributed by atoms with van der Waals surface area (Å²) in [5.41, 5.74) is 3.48. The molecule has 2 heterocycles. The summed E-state index contributed by atoms with van der Waals surface area (Å²) in [7, 11) is 2.14. The van der Waals surface area contributed by atoms with E-state index in [0.717, 1.165) is 37.4 Å². The first-order valence-corrected chi connectivity index (χ1v) is 10.4. The van der Waals surface area contributed by atoms with Gasteiger partial charge in [0, 0.05) is 43.6 Å². The molecule has 0 radical (unpaired) electrons. The molecule has 0 bridgehead atoms. The van der Waals surface area contributed by atoms with E-state index in [9.17, 15) is 9.59 Å². The van der Waals surface area contributed by atoms with E-state index in [2.05, 4.69) is 34.3 Å². The van der Waals surface area contributed by atoms with Crippen molar-refractivity contribution in [3.63, 3.8) is 0 Å². The predicted octanol–water partition coefficient (Wildman–Crippen LogP) is 3.04. The molecule has 156 valence electrons. The highest BCUT2D eigenvalue weighted by atomic mass is 16.2. The molecule has 4 rings (SSSR count). The minimum Gasteiger partial charge on any atom is -0.369 e. The fourth-order valence-corrected chi connectivity index (χ4v) is 3.97. The van der Waals surface area contributed by atoms with E-state index in [-0.39, 0.29) is 17.9 Å². The van der Waals surface area contributed by atoms with Gasteiger partial charge in [-0.2, -0.15) is 0 Å². The van der Waals surface area contributed by atoms with Gasteiger partial charge in [0.25, 0.3) is 11.8 Å². The van der Waals surface area contributed by atoms with Gasteiger partial charge < -0.3 is 15.1 Å². The van der Waals surface area contributed by atoms with Gasteiger partial charge in [0.1, 0.15) is 5.70 Å². The van der Waals surface area contributed by atoms with Crippen LogP contribution in [0.5, 0.6) is 0 Å². The second-order valence-electron chi connectivity index (χ2n) is 8.15. The number of likely N-dealkylation sites (N-methyl/N-ethyl adjacent to an activating group) is 1. The maximum atomic E-state index is 13.1. The Kier molecular flexibility index (Phi) is 5.59. The van der Waals surface area contributed by atoms with E-state index in [4.69, 9.17) is 0 Å². The second-order valence-corrected chi connectivity index (χ2v) is 8.15. The molecule has 0 aliphatic carbocycles. The molecule has 0 aromatic heterocycles. The Morgan fingerprint density at radius 1 is 0.833 bits per heavy atom. The average molecular weight is 405 g/mol. The number of amides is 2. The molecule has 0 unspecified atom stereocenters. The van der Waals surface area contributed by atoms with E-state index in [1.165, 1.54) is 10.6 Å². The minimum atomic E-state index is -0.281. The Labute approximate surface area is 177 Å². The van der Waals surface area contributed by atoms with Crippen LogP contribution in [-0.2, 0) is 9.59 Å². The lowest BCUT2D eigenvalue weighted by Gasteiger charge is -2.34. The maximum absolute atomic E-state index is 13.1. The number of rotatable bonds is 5. The summed E-state index contributed by atoms with van der Waals surface area (Å²) in [5, 5.41) is 3.23. The molecule has 1 N–H and O–H groups in total. The van der Waals surface area contributed by atoms with Gasteiger partial charge in [-0.05, 0) is 50.7 Å². The van der Waals surface area contributed by atoms with Crippen LogP contribution in [-0.4, -0.2) is 60.9 Å². The molecule has 6 nitrogen and oxygen atoms in total. The predicted molar refractivity (Wildman–Crippen MR) is 120 cm³/mol. The molecule has 2 aliphatic rings. The zero-order valence-corrected chi connectivity index (χ0v) is 17.8. The largest absolute Gasteiger partial charge is 0.369 e. The number of hydrogen-bond donors (Lipinski definition) is 1. The number of carbonyl (C=O) groups excluding carboxylic acids is 2. The summed E-state index contributed by atoms with van der Waals surface area (Å²) >= 11 is 0. The van der Waals surface area contributed by atoms with Crippen molar-refractivity contribution in [3.8, 4) is 0 Å². The number of anilines is 2. The van der Waals surface area contributed by atoms with E-state index >= 15 is 0 Å². The fraction of sp³-hybridized carbons (Fsp3) is 0.333. The standard InChI is InChI=1S/C24H28N4O2/c1-17(2)28-23(29)21(18-7-5-4-6-8-18)22(24(28)30)25-19-9-11-20(12-10-19)27-15-13-26(3)14-16-27/h4-12,17,25H,13-16H2,1-3H3. The van der Waals surface area contributed by atoms with Crippen LogP contribution in [0.4, 0.5) is 11.4 Å². The van der Waals surface area contributed by atoms with Crippen LogP contribution < -0.4 is 10.2 Å². The molecular weight excluding hydrogens is 376 g/mol. The van der Waals surface area contributed by atoms with E-state index in [0.29, 0.717) is 11.3 Å². The molecule has 1 saturated heterocycles. The quantitative estimate of drug-likeness (QED) is 0.777. The van der Waals surface area contributed by atoms with Gasteiger partial charge in [-0.25, -0.2) is 0 Å². The molecular formula is C24H28N4O2. The molecule has 1 fully saturated rings. The fourth-order valence-electron chi connectivity index (χ4n) is 3.97. The third-order valence-electron chi connectivity index (χ3n) is 5.70. The number of imide groups is 1. The molecule has 2 amide bonds. The zero-order valence-electron chi connectivity index (χ0n) is 17.8. The van der Waals surface area contributed by atoms with Gasteiger partial charge in [-0.15, -0.1) is 0 Å². The van der Waals surface area contributed by atoms with Gasteiger partial charge in [0.05, 0.1) is 5.57 Å². The van der Waals surface area contributed by atoms with Crippen molar-refractivity contribution < 1.29 is 9.59 Å². The lowest BCUT2D eigenvalue weighted by atomic mass is 10.0. The number of carbonyl (C=O) groups is 2. The van der Waals surface area contributed by atoms with Crippen molar-refractivity contribution in [3.05, 3.63) is 65.9 Å². The van der Waals surface area contributed by atoms with Crippen molar-refractivity contribution in [2.75, 3.05) is 43.4 Å². The summed E-state index contributed by atoms with van der Waals surface area (Å²) in [6.45, 7) is 7.81. The first kappa shape index (κ1) is 20.2. The lowest BCUT2D eigenvalue weighted by molar-refractivity contribution is -0.138. The minimum absolute atomic E-state index is 0.206. The Hall–Kier alpha value is -3.12. The SMILES string of the molecule is CC(C)N1C(=O)C(Nc2ccc(N3CCN(C)CC3)cc2)=C(c2ccccc2)C1=O. The van der Waals surface area contributed by atoms with Gasteiger partial charge in [-0.1, -0.05) is 30.3 Å². The lowest BCUT2D eigenvalue weighted by Crippen LogP contribution is -2.44. The van der Waals surface area contributed by atoms with E-state index < -0.39 is 0 Å². The van der Waals surface area contributed by atoms with Gasteiger partial charge >= 0.3 is 0 Å². The summed E-state index contributed by atoms with van der Waals surface area (Å²) in [4.78, 5) is 32.1. The summed E-state index contributed by atoms with van der Waals surface area (Å²) < 4.78 is 0. The Balaban J connectivity index is 1.61. The Morgan fingerprint density at radius 3 is 2.07 bits per heavy atom. The van der Waals surface area contributed by atoms with Crippen molar-refractivity contribution in [2.45, 2.75) is 19.9 Å². The topological polar surface area (TPSA) is 55.9 Å². The number of nitrogens with zero attached hydrogens (tertiary/aromatic N) is 3. The molecule has 0 atom stereocenters. The van der Waals surface area contributed by atoms with Crippen LogP contribution >= 0.6 is 0 Å². The van der Waals surface area contributed by atoms with Crippen LogP contribution in [0.2, 0.25) is 0 Å². The first-order chi connectivity index (χ1) is 14.5. The Bertz CT molecular complexity index is 958. The molecule has 30 heavy (non-hydrogen) atoms. The normalized spacial score (nSPS) is 18.0. The van der Waals surface area contributed by atoms with Crippen molar-refractivity contribution >= 4 is 28.8 Å². The monoisotopic (exact) mass is 404 g/mol. The number of nitrogens with one attached hydrogen (secondary N) is 1. The third-order valence-corrected chi connectivity index (χ3v) is 5.70. The smallest absolute Gasteiger partial charge is 0.278 e. The number of benzene rings is 2. The maximum Gasteiger partial charge on any atom is 0.278 e. The Morgan fingerprint density at radius 2 is 1.47 bits per heavy atom.